The minimum atomic E-state index is -0.615. The van der Waals surface area contributed by atoms with Gasteiger partial charge in [0.15, 0.2) is 5.78 Å². The van der Waals surface area contributed by atoms with E-state index in [4.69, 9.17) is 16.3 Å². The van der Waals surface area contributed by atoms with Gasteiger partial charge in [-0.2, -0.15) is 0 Å². The number of Topliss-reactive ketones (excluding diaryl/α,β-unsaturated/α-hetero) is 1. The van der Waals surface area contributed by atoms with Gasteiger partial charge in [0, 0.05) is 44.9 Å². The molecular formula is C30H35ClN2O4. The largest absolute Gasteiger partial charge is 0.508 e. The molecule has 3 N–H and O–H groups in total. The van der Waals surface area contributed by atoms with Crippen molar-refractivity contribution in [2.24, 2.45) is 22.7 Å². The summed E-state index contributed by atoms with van der Waals surface area (Å²) in [5, 5.41) is 17.6. The van der Waals surface area contributed by atoms with Crippen LogP contribution >= 0.6 is 11.6 Å². The first kappa shape index (κ1) is 24.7. The average Bonchev–Trinajstić information content (AvgIpc) is 3.18. The SMILES string of the molecule is CNC1C[C@@]23Oc4c(c(Cl)cc5c4C(c4ccccc4O)NC5=O)C[C@]2(C)[C@@H](C)CC[C@H]3C(C)(C)C1=O. The number of rotatable bonds is 2. The number of nitrogens with one attached hydrogen (secondary N) is 2. The van der Waals surface area contributed by atoms with Crippen LogP contribution in [-0.2, 0) is 11.2 Å². The van der Waals surface area contributed by atoms with E-state index in [0.29, 0.717) is 40.7 Å². The number of ether oxygens (including phenoxy) is 1. The lowest BCUT2D eigenvalue weighted by molar-refractivity contribution is -0.212. The summed E-state index contributed by atoms with van der Waals surface area (Å²) in [6, 6.07) is 7.96. The summed E-state index contributed by atoms with van der Waals surface area (Å²) in [6.07, 6.45) is 3.20. The summed E-state index contributed by atoms with van der Waals surface area (Å²) < 4.78 is 7.33. The molecule has 0 radical (unpaired) electrons. The molecule has 2 heterocycles. The van der Waals surface area contributed by atoms with Crippen LogP contribution in [0.3, 0.4) is 0 Å². The summed E-state index contributed by atoms with van der Waals surface area (Å²) >= 11 is 6.89. The number of ketones is 1. The Kier molecular flexibility index (Phi) is 5.33. The number of hydrogen-bond donors (Lipinski definition) is 3. The Morgan fingerprint density at radius 1 is 1.16 bits per heavy atom. The van der Waals surface area contributed by atoms with Gasteiger partial charge in [0.1, 0.15) is 17.1 Å². The molecule has 37 heavy (non-hydrogen) atoms. The lowest BCUT2D eigenvalue weighted by Crippen LogP contribution is -2.73. The van der Waals surface area contributed by atoms with Crippen molar-refractivity contribution in [3.8, 4) is 11.5 Å². The topological polar surface area (TPSA) is 87.7 Å². The molecule has 7 heteroatoms. The summed E-state index contributed by atoms with van der Waals surface area (Å²) in [5.74, 6) is 1.14. The lowest BCUT2D eigenvalue weighted by atomic mass is 9.43. The zero-order chi connectivity index (χ0) is 26.5. The van der Waals surface area contributed by atoms with Gasteiger partial charge in [-0.25, -0.2) is 0 Å². The maximum Gasteiger partial charge on any atom is 0.252 e. The van der Waals surface area contributed by atoms with E-state index in [1.165, 1.54) is 0 Å². The smallest absolute Gasteiger partial charge is 0.252 e. The van der Waals surface area contributed by atoms with Crippen molar-refractivity contribution in [3.63, 3.8) is 0 Å². The van der Waals surface area contributed by atoms with Crippen molar-refractivity contribution in [2.75, 3.05) is 7.05 Å². The Morgan fingerprint density at radius 2 is 1.89 bits per heavy atom. The number of halogens is 1. The van der Waals surface area contributed by atoms with Crippen LogP contribution in [0.1, 0.15) is 80.0 Å². The van der Waals surface area contributed by atoms with Gasteiger partial charge in [0.2, 0.25) is 0 Å². The van der Waals surface area contributed by atoms with Gasteiger partial charge < -0.3 is 20.5 Å². The first-order valence-electron chi connectivity index (χ1n) is 13.3. The second-order valence-corrected chi connectivity index (χ2v) is 12.7. The normalized spacial score (nSPS) is 35.5. The second-order valence-electron chi connectivity index (χ2n) is 12.3. The van der Waals surface area contributed by atoms with E-state index in [0.717, 1.165) is 24.0 Å². The van der Waals surface area contributed by atoms with Crippen molar-refractivity contribution in [2.45, 2.75) is 71.1 Å². The molecule has 6 nitrogen and oxygen atoms in total. The Balaban J connectivity index is 1.61. The van der Waals surface area contributed by atoms with Crippen molar-refractivity contribution in [1.29, 1.82) is 0 Å². The lowest BCUT2D eigenvalue weighted by Gasteiger charge is -2.66. The van der Waals surface area contributed by atoms with Crippen LogP contribution in [0.5, 0.6) is 11.5 Å². The number of phenols is 1. The summed E-state index contributed by atoms with van der Waals surface area (Å²) in [5.41, 5.74) is 1.30. The van der Waals surface area contributed by atoms with Crippen LogP contribution in [0.15, 0.2) is 30.3 Å². The number of aromatic hydroxyl groups is 1. The fraction of sp³-hybridized carbons (Fsp3) is 0.533. The standard InChI is InChI=1S/C30H35ClN2O4/c1-15-10-11-22-28(2,3)26(35)20(32-5)14-30(22)29(15,4)13-18-19(31)12-17-23(25(18)37-30)24(33-27(17)36)16-8-6-7-9-21(16)34/h6-9,12,15,20,22,24,32,34H,10-11,13-14H2,1-5H3,(H,33,36)/t15-,20?,22-,24?,29+,30-/m0/s1. The molecule has 2 unspecified atom stereocenters. The van der Waals surface area contributed by atoms with E-state index in [-0.39, 0.29) is 34.8 Å². The van der Waals surface area contributed by atoms with E-state index >= 15 is 0 Å². The fourth-order valence-corrected chi connectivity index (χ4v) is 8.40. The van der Waals surface area contributed by atoms with Gasteiger partial charge in [0.05, 0.1) is 17.6 Å². The van der Waals surface area contributed by atoms with Crippen molar-refractivity contribution < 1.29 is 19.4 Å². The van der Waals surface area contributed by atoms with E-state index in [9.17, 15) is 14.7 Å². The number of amides is 1. The highest BCUT2D eigenvalue weighted by Crippen LogP contribution is 2.66. The van der Waals surface area contributed by atoms with Crippen LogP contribution in [0.2, 0.25) is 5.02 Å². The molecule has 2 aromatic carbocycles. The quantitative estimate of drug-likeness (QED) is 0.505. The predicted molar refractivity (Wildman–Crippen MR) is 142 cm³/mol. The Morgan fingerprint density at radius 3 is 2.59 bits per heavy atom. The molecule has 2 aromatic rings. The van der Waals surface area contributed by atoms with Crippen LogP contribution in [-0.4, -0.2) is 35.5 Å². The van der Waals surface area contributed by atoms with Gasteiger partial charge >= 0.3 is 0 Å². The van der Waals surface area contributed by atoms with Crippen molar-refractivity contribution in [3.05, 3.63) is 57.6 Å². The van der Waals surface area contributed by atoms with E-state index in [2.05, 4.69) is 38.3 Å². The fourth-order valence-electron chi connectivity index (χ4n) is 8.14. The van der Waals surface area contributed by atoms with Crippen LogP contribution < -0.4 is 15.4 Å². The number of likely N-dealkylation sites (N-methyl/N-ethyl adjacent to an activating group) is 1. The summed E-state index contributed by atoms with van der Waals surface area (Å²) in [4.78, 5) is 26.7. The predicted octanol–water partition coefficient (Wildman–Crippen LogP) is 5.19. The molecule has 2 fully saturated rings. The van der Waals surface area contributed by atoms with Gasteiger partial charge in [0.25, 0.3) is 5.91 Å². The summed E-state index contributed by atoms with van der Waals surface area (Å²) in [6.45, 7) is 8.73. The van der Waals surface area contributed by atoms with Gasteiger partial charge in [-0.15, -0.1) is 0 Å². The minimum Gasteiger partial charge on any atom is -0.508 e. The van der Waals surface area contributed by atoms with Crippen molar-refractivity contribution >= 4 is 23.3 Å². The molecule has 2 aliphatic heterocycles. The van der Waals surface area contributed by atoms with Crippen LogP contribution in [0.4, 0.5) is 0 Å². The molecule has 1 spiro atoms. The molecule has 1 amide bonds. The third-order valence-electron chi connectivity index (χ3n) is 10.4. The molecule has 6 rings (SSSR count). The number of carbonyl (C=O) groups excluding carboxylic acids is 2. The third-order valence-corrected chi connectivity index (χ3v) is 10.8. The van der Waals surface area contributed by atoms with Crippen molar-refractivity contribution in [1.82, 2.24) is 10.6 Å². The Labute approximate surface area is 223 Å². The number of fused-ring (bicyclic) bond motifs is 3. The molecule has 6 atom stereocenters. The molecule has 0 aromatic heterocycles. The van der Waals surface area contributed by atoms with Gasteiger partial charge in [-0.05, 0) is 44.4 Å². The van der Waals surface area contributed by atoms with Gasteiger partial charge in [-0.1, -0.05) is 57.5 Å². The summed E-state index contributed by atoms with van der Waals surface area (Å²) in [7, 11) is 1.85. The number of hydrogen-bond acceptors (Lipinski definition) is 5. The molecule has 4 aliphatic rings. The molecular weight excluding hydrogens is 488 g/mol. The molecule has 0 saturated heterocycles. The number of para-hydroxylation sites is 1. The highest BCUT2D eigenvalue weighted by Gasteiger charge is 2.69. The monoisotopic (exact) mass is 522 g/mol. The average molecular weight is 523 g/mol. The van der Waals surface area contributed by atoms with E-state index in [1.807, 2.05) is 19.2 Å². The first-order chi connectivity index (χ1) is 17.5. The Hall–Kier alpha value is -2.57. The first-order valence-corrected chi connectivity index (χ1v) is 13.7. The van der Waals surface area contributed by atoms with E-state index < -0.39 is 17.1 Å². The zero-order valence-corrected chi connectivity index (χ0v) is 22.8. The minimum absolute atomic E-state index is 0.0229. The maximum absolute atomic E-state index is 13.6. The van der Waals surface area contributed by atoms with Crippen LogP contribution in [0, 0.1) is 22.7 Å². The van der Waals surface area contributed by atoms with Crippen LogP contribution in [0.25, 0.3) is 0 Å². The zero-order valence-electron chi connectivity index (χ0n) is 22.1. The number of carbonyl (C=O) groups is 2. The maximum atomic E-state index is 13.6. The second kappa shape index (κ2) is 7.97. The molecule has 2 saturated carbocycles. The van der Waals surface area contributed by atoms with Gasteiger partial charge in [-0.3, -0.25) is 9.59 Å². The third kappa shape index (κ3) is 3.09. The Bertz CT molecular complexity index is 1340. The highest BCUT2D eigenvalue weighted by atomic mass is 35.5. The molecule has 0 bridgehead atoms. The molecule has 2 aliphatic carbocycles. The van der Waals surface area contributed by atoms with E-state index in [1.54, 1.807) is 18.2 Å². The molecule has 196 valence electrons. The number of phenolic OH excluding ortho intramolecular Hbond substituents is 1. The number of benzene rings is 2. The highest BCUT2D eigenvalue weighted by molar-refractivity contribution is 6.32.